The number of amides is 1. The lowest BCUT2D eigenvalue weighted by molar-refractivity contribution is 0.102. The third kappa shape index (κ3) is 4.10. The van der Waals surface area contributed by atoms with E-state index in [0.29, 0.717) is 11.6 Å². The summed E-state index contributed by atoms with van der Waals surface area (Å²) in [5.74, 6) is 0.505. The van der Waals surface area contributed by atoms with Gasteiger partial charge in [0.2, 0.25) is 0 Å². The average Bonchev–Trinajstić information content (AvgIpc) is 2.55. The van der Waals surface area contributed by atoms with E-state index < -0.39 is 0 Å². The predicted molar refractivity (Wildman–Crippen MR) is 96.9 cm³/mol. The van der Waals surface area contributed by atoms with Crippen molar-refractivity contribution in [1.29, 1.82) is 0 Å². The first-order valence-electron chi connectivity index (χ1n) is 7.90. The molecular weight excluding hydrogens is 354 g/mol. The lowest BCUT2D eigenvalue weighted by Crippen LogP contribution is -2.34. The molecule has 23 heavy (non-hydrogen) atoms. The molecule has 4 nitrogen and oxygen atoms in total. The molecular formula is C18H20BrN3O. The van der Waals surface area contributed by atoms with E-state index in [1.54, 1.807) is 6.20 Å². The second-order valence-electron chi connectivity index (χ2n) is 6.06. The normalized spacial score (nSPS) is 17.8. The van der Waals surface area contributed by atoms with Crippen molar-refractivity contribution in [2.45, 2.75) is 19.8 Å². The molecule has 1 atom stereocenters. The van der Waals surface area contributed by atoms with Gasteiger partial charge in [-0.25, -0.2) is 0 Å². The molecule has 5 heteroatoms. The van der Waals surface area contributed by atoms with Crippen LogP contribution in [0.2, 0.25) is 0 Å². The number of rotatable bonds is 3. The number of benzene rings is 1. The van der Waals surface area contributed by atoms with Crippen LogP contribution in [-0.4, -0.2) is 24.0 Å². The van der Waals surface area contributed by atoms with E-state index in [1.165, 1.54) is 12.8 Å². The van der Waals surface area contributed by atoms with Crippen molar-refractivity contribution in [2.24, 2.45) is 5.92 Å². The van der Waals surface area contributed by atoms with E-state index in [2.05, 4.69) is 38.1 Å². The summed E-state index contributed by atoms with van der Waals surface area (Å²) in [4.78, 5) is 19.0. The van der Waals surface area contributed by atoms with Crippen LogP contribution in [0.5, 0.6) is 0 Å². The van der Waals surface area contributed by atoms with E-state index in [0.717, 1.165) is 28.9 Å². The van der Waals surface area contributed by atoms with Gasteiger partial charge in [0.05, 0.1) is 0 Å². The molecule has 1 N–H and O–H groups in total. The smallest absolute Gasteiger partial charge is 0.274 e. The number of pyridine rings is 1. The number of hydrogen-bond donors (Lipinski definition) is 1. The highest BCUT2D eigenvalue weighted by Crippen LogP contribution is 2.23. The van der Waals surface area contributed by atoms with Gasteiger partial charge in [0, 0.05) is 35.1 Å². The first kappa shape index (κ1) is 16.0. The Morgan fingerprint density at radius 1 is 1.35 bits per heavy atom. The Morgan fingerprint density at radius 3 is 3.00 bits per heavy atom. The average molecular weight is 374 g/mol. The number of piperidine rings is 1. The second-order valence-corrected chi connectivity index (χ2v) is 6.97. The molecule has 120 valence electrons. The van der Waals surface area contributed by atoms with Gasteiger partial charge in [-0.1, -0.05) is 28.9 Å². The third-order valence-electron chi connectivity index (χ3n) is 4.08. The molecule has 1 saturated heterocycles. The van der Waals surface area contributed by atoms with Crippen molar-refractivity contribution < 1.29 is 4.79 Å². The molecule has 2 heterocycles. The van der Waals surface area contributed by atoms with Crippen LogP contribution in [0.1, 0.15) is 30.3 Å². The molecule has 0 bridgehead atoms. The molecule has 2 aromatic rings. The van der Waals surface area contributed by atoms with Crippen LogP contribution in [0.4, 0.5) is 11.4 Å². The van der Waals surface area contributed by atoms with Crippen molar-refractivity contribution in [3.05, 3.63) is 52.8 Å². The van der Waals surface area contributed by atoms with Crippen molar-refractivity contribution in [3.8, 4) is 0 Å². The number of halogens is 1. The highest BCUT2D eigenvalue weighted by Gasteiger charge is 2.18. The van der Waals surface area contributed by atoms with Crippen molar-refractivity contribution in [3.63, 3.8) is 0 Å². The lowest BCUT2D eigenvalue weighted by atomic mass is 10.00. The van der Waals surface area contributed by atoms with Gasteiger partial charge in [-0.3, -0.25) is 9.78 Å². The second kappa shape index (κ2) is 7.13. The molecule has 1 aliphatic rings. The zero-order valence-electron chi connectivity index (χ0n) is 13.1. The van der Waals surface area contributed by atoms with E-state index in [-0.39, 0.29) is 5.91 Å². The number of aromatic nitrogens is 1. The maximum atomic E-state index is 12.4. The molecule has 1 aromatic heterocycles. The molecule has 1 unspecified atom stereocenters. The summed E-state index contributed by atoms with van der Waals surface area (Å²) in [6.07, 6.45) is 4.19. The van der Waals surface area contributed by atoms with Gasteiger partial charge in [0.15, 0.2) is 0 Å². The number of carbonyl (C=O) groups excluding carboxylic acids is 1. The van der Waals surface area contributed by atoms with E-state index in [4.69, 9.17) is 0 Å². The van der Waals surface area contributed by atoms with Crippen LogP contribution >= 0.6 is 15.9 Å². The Balaban J connectivity index is 1.75. The maximum absolute atomic E-state index is 12.4. The van der Waals surface area contributed by atoms with Crippen LogP contribution in [0, 0.1) is 5.92 Å². The minimum Gasteiger partial charge on any atom is -0.371 e. The quantitative estimate of drug-likeness (QED) is 0.870. The van der Waals surface area contributed by atoms with Crippen LogP contribution in [0.15, 0.2) is 47.1 Å². The van der Waals surface area contributed by atoms with Crippen molar-refractivity contribution in [2.75, 3.05) is 23.3 Å². The minimum atomic E-state index is -0.185. The number of nitrogens with zero attached hydrogens (tertiary/aromatic N) is 2. The van der Waals surface area contributed by atoms with Crippen LogP contribution in [-0.2, 0) is 0 Å². The molecule has 0 radical (unpaired) electrons. The van der Waals surface area contributed by atoms with Crippen molar-refractivity contribution >= 4 is 33.2 Å². The maximum Gasteiger partial charge on any atom is 0.274 e. The standard InChI is InChI=1S/C18H20BrN3O/c1-13-4-3-9-22(12-13)16-7-8-20-17(11-16)18(23)21-15-6-2-5-14(19)10-15/h2,5-8,10-11,13H,3-4,9,12H2,1H3,(H,21,23). The van der Waals surface area contributed by atoms with E-state index in [1.807, 2.05) is 36.4 Å². The highest BCUT2D eigenvalue weighted by atomic mass is 79.9. The van der Waals surface area contributed by atoms with Gasteiger partial charge in [0.1, 0.15) is 5.69 Å². The number of hydrogen-bond acceptors (Lipinski definition) is 3. The highest BCUT2D eigenvalue weighted by molar-refractivity contribution is 9.10. The lowest BCUT2D eigenvalue weighted by Gasteiger charge is -2.32. The molecule has 0 aliphatic carbocycles. The summed E-state index contributed by atoms with van der Waals surface area (Å²) >= 11 is 3.40. The van der Waals surface area contributed by atoms with Crippen molar-refractivity contribution in [1.82, 2.24) is 4.98 Å². The molecule has 1 aliphatic heterocycles. The predicted octanol–water partition coefficient (Wildman–Crippen LogP) is 4.33. The monoisotopic (exact) mass is 373 g/mol. The Kier molecular flexibility index (Phi) is 4.96. The van der Waals surface area contributed by atoms with Gasteiger partial charge < -0.3 is 10.2 Å². The zero-order chi connectivity index (χ0) is 16.2. The van der Waals surface area contributed by atoms with Gasteiger partial charge in [0.25, 0.3) is 5.91 Å². The van der Waals surface area contributed by atoms with Gasteiger partial charge in [-0.2, -0.15) is 0 Å². The molecule has 1 fully saturated rings. The molecule has 0 spiro atoms. The van der Waals surface area contributed by atoms with E-state index in [9.17, 15) is 4.79 Å². The van der Waals surface area contributed by atoms with E-state index >= 15 is 0 Å². The summed E-state index contributed by atoms with van der Waals surface area (Å²) < 4.78 is 0.930. The molecule has 3 rings (SSSR count). The fraction of sp³-hybridized carbons (Fsp3) is 0.333. The summed E-state index contributed by atoms with van der Waals surface area (Å²) in [7, 11) is 0. The Hall–Kier alpha value is -1.88. The largest absolute Gasteiger partial charge is 0.371 e. The van der Waals surface area contributed by atoms with Gasteiger partial charge in [-0.05, 0) is 49.1 Å². The van der Waals surface area contributed by atoms with Crippen LogP contribution in [0.25, 0.3) is 0 Å². The zero-order valence-corrected chi connectivity index (χ0v) is 14.7. The first-order chi connectivity index (χ1) is 11.1. The number of nitrogens with one attached hydrogen (secondary N) is 1. The summed E-state index contributed by atoms with van der Waals surface area (Å²) in [5.41, 5.74) is 2.27. The molecule has 1 aromatic carbocycles. The molecule has 0 saturated carbocycles. The fourth-order valence-corrected chi connectivity index (χ4v) is 3.32. The van der Waals surface area contributed by atoms with Crippen LogP contribution < -0.4 is 10.2 Å². The fourth-order valence-electron chi connectivity index (χ4n) is 2.93. The summed E-state index contributed by atoms with van der Waals surface area (Å²) in [5, 5.41) is 2.89. The minimum absolute atomic E-state index is 0.185. The first-order valence-corrected chi connectivity index (χ1v) is 8.69. The Morgan fingerprint density at radius 2 is 2.22 bits per heavy atom. The summed E-state index contributed by atoms with van der Waals surface area (Å²) in [6.45, 7) is 4.35. The third-order valence-corrected chi connectivity index (χ3v) is 4.57. The Labute approximate surface area is 145 Å². The Bertz CT molecular complexity index is 704. The summed E-state index contributed by atoms with van der Waals surface area (Å²) in [6, 6.07) is 11.4. The van der Waals surface area contributed by atoms with Crippen LogP contribution in [0.3, 0.4) is 0 Å². The van der Waals surface area contributed by atoms with Gasteiger partial charge in [-0.15, -0.1) is 0 Å². The number of carbonyl (C=O) groups is 1. The number of anilines is 2. The molecule has 1 amide bonds. The topological polar surface area (TPSA) is 45.2 Å². The SMILES string of the molecule is CC1CCCN(c2ccnc(C(=O)Nc3cccc(Br)c3)c2)C1. The van der Waals surface area contributed by atoms with Gasteiger partial charge >= 0.3 is 0 Å².